The monoisotopic (exact) mass is 210 g/mol. The molecule has 0 N–H and O–H groups in total. The molecule has 2 aromatic heterocycles. The number of hydrogen-bond acceptors (Lipinski definition) is 3. The summed E-state index contributed by atoms with van der Waals surface area (Å²) in [5, 5.41) is 4.69. The van der Waals surface area contributed by atoms with E-state index in [1.165, 1.54) is 0 Å². The Labute approximate surface area is 86.9 Å². The number of fused-ring (bicyclic) bond motifs is 1. The van der Waals surface area contributed by atoms with Gasteiger partial charge in [0.2, 0.25) is 0 Å². The van der Waals surface area contributed by atoms with Gasteiger partial charge in [-0.05, 0) is 19.4 Å². The van der Waals surface area contributed by atoms with E-state index < -0.39 is 0 Å². The Balaban J connectivity index is 2.59. The summed E-state index contributed by atoms with van der Waals surface area (Å²) in [7, 11) is 0. The van der Waals surface area contributed by atoms with Crippen molar-refractivity contribution in [3.8, 4) is 0 Å². The van der Waals surface area contributed by atoms with Crippen molar-refractivity contribution in [2.45, 2.75) is 26.7 Å². The van der Waals surface area contributed by atoms with Crippen LogP contribution >= 0.6 is 11.6 Å². The van der Waals surface area contributed by atoms with E-state index >= 15 is 0 Å². The van der Waals surface area contributed by atoms with E-state index in [0.29, 0.717) is 16.8 Å². The molecule has 0 aliphatic rings. The summed E-state index contributed by atoms with van der Waals surface area (Å²) < 4.78 is 1.55. The van der Waals surface area contributed by atoms with E-state index in [1.54, 1.807) is 4.52 Å². The molecule has 0 spiro atoms. The molecule has 0 aliphatic heterocycles. The highest BCUT2D eigenvalue weighted by Gasteiger charge is 2.06. The maximum absolute atomic E-state index is 6.03. The topological polar surface area (TPSA) is 43.1 Å². The third kappa shape index (κ3) is 1.57. The van der Waals surface area contributed by atoms with Crippen LogP contribution in [0.5, 0.6) is 0 Å². The van der Waals surface area contributed by atoms with Crippen molar-refractivity contribution >= 4 is 17.4 Å². The van der Waals surface area contributed by atoms with Gasteiger partial charge in [-0.2, -0.15) is 9.50 Å². The highest BCUT2D eigenvalue weighted by atomic mass is 35.5. The number of halogens is 1. The van der Waals surface area contributed by atoms with Crippen LogP contribution in [0.25, 0.3) is 5.78 Å². The third-order valence-corrected chi connectivity index (χ3v) is 2.20. The van der Waals surface area contributed by atoms with Crippen LogP contribution in [0.15, 0.2) is 6.07 Å². The lowest BCUT2D eigenvalue weighted by molar-refractivity contribution is 0.853. The minimum Gasteiger partial charge on any atom is -0.216 e. The summed E-state index contributed by atoms with van der Waals surface area (Å²) in [6.07, 6.45) is 1.97. The smallest absolute Gasteiger partial charge is 0.216 e. The van der Waals surface area contributed by atoms with Crippen LogP contribution in [0.1, 0.15) is 24.9 Å². The number of hydrogen-bond donors (Lipinski definition) is 0. The summed E-state index contributed by atoms with van der Waals surface area (Å²) in [4.78, 5) is 8.52. The Morgan fingerprint density at radius 2 is 2.21 bits per heavy atom. The SMILES string of the molecule is CCCc1cc(Cl)n2nc(C)nc2n1. The zero-order chi connectivity index (χ0) is 10.1. The molecule has 5 heteroatoms. The molecule has 0 amide bonds. The normalized spacial score (nSPS) is 11.1. The number of nitrogens with zero attached hydrogens (tertiary/aromatic N) is 4. The molecule has 0 radical (unpaired) electrons. The molecule has 2 aromatic rings. The largest absolute Gasteiger partial charge is 0.254 e. The zero-order valence-corrected chi connectivity index (χ0v) is 8.91. The molecule has 0 aliphatic carbocycles. The first kappa shape index (κ1) is 9.40. The van der Waals surface area contributed by atoms with Crippen molar-refractivity contribution in [2.75, 3.05) is 0 Å². The second-order valence-corrected chi connectivity index (χ2v) is 3.58. The Bertz CT molecular complexity index is 463. The quantitative estimate of drug-likeness (QED) is 0.713. The summed E-state index contributed by atoms with van der Waals surface area (Å²) >= 11 is 6.03. The van der Waals surface area contributed by atoms with Gasteiger partial charge in [0.05, 0.1) is 0 Å². The van der Waals surface area contributed by atoms with E-state index in [4.69, 9.17) is 11.6 Å². The van der Waals surface area contributed by atoms with Crippen molar-refractivity contribution < 1.29 is 0 Å². The van der Waals surface area contributed by atoms with Gasteiger partial charge >= 0.3 is 0 Å². The van der Waals surface area contributed by atoms with Gasteiger partial charge in [0, 0.05) is 5.69 Å². The van der Waals surface area contributed by atoms with E-state index in [0.717, 1.165) is 18.5 Å². The number of aryl methyl sites for hydroxylation is 2. The molecule has 0 unspecified atom stereocenters. The predicted molar refractivity (Wildman–Crippen MR) is 54.5 cm³/mol. The summed E-state index contributed by atoms with van der Waals surface area (Å²) in [6, 6.07) is 1.84. The fourth-order valence-electron chi connectivity index (χ4n) is 1.36. The molecule has 2 heterocycles. The van der Waals surface area contributed by atoms with E-state index in [-0.39, 0.29) is 0 Å². The van der Waals surface area contributed by atoms with Crippen molar-refractivity contribution in [3.63, 3.8) is 0 Å². The molecule has 0 saturated carbocycles. The molecule has 0 bridgehead atoms. The Morgan fingerprint density at radius 1 is 1.43 bits per heavy atom. The van der Waals surface area contributed by atoms with E-state index in [1.807, 2.05) is 13.0 Å². The summed E-state index contributed by atoms with van der Waals surface area (Å²) in [6.45, 7) is 3.93. The number of rotatable bonds is 2. The lowest BCUT2D eigenvalue weighted by atomic mass is 10.2. The molecule has 74 valence electrons. The maximum atomic E-state index is 6.03. The Hall–Kier alpha value is -1.16. The van der Waals surface area contributed by atoms with E-state index in [2.05, 4.69) is 22.0 Å². The van der Waals surface area contributed by atoms with Gasteiger partial charge in [-0.15, -0.1) is 5.10 Å². The van der Waals surface area contributed by atoms with Crippen LogP contribution in [0.4, 0.5) is 0 Å². The molecule has 0 saturated heterocycles. The van der Waals surface area contributed by atoms with Gasteiger partial charge in [0.25, 0.3) is 5.78 Å². The minimum absolute atomic E-state index is 0.569. The van der Waals surface area contributed by atoms with Gasteiger partial charge in [-0.25, -0.2) is 4.98 Å². The standard InChI is InChI=1S/C9H11ClN4/c1-3-4-7-5-8(10)14-9(12-7)11-6(2)13-14/h5H,3-4H2,1-2H3. The van der Waals surface area contributed by atoms with Crippen LogP contribution in [0.3, 0.4) is 0 Å². The lowest BCUT2D eigenvalue weighted by Gasteiger charge is -1.99. The molecular formula is C9H11ClN4. The van der Waals surface area contributed by atoms with Crippen LogP contribution in [0, 0.1) is 6.92 Å². The van der Waals surface area contributed by atoms with Crippen LogP contribution in [-0.4, -0.2) is 19.6 Å². The van der Waals surface area contributed by atoms with Crippen molar-refractivity contribution in [2.24, 2.45) is 0 Å². The maximum Gasteiger partial charge on any atom is 0.254 e. The fraction of sp³-hybridized carbons (Fsp3) is 0.444. The summed E-state index contributed by atoms with van der Waals surface area (Å²) in [5.41, 5.74) is 0.970. The van der Waals surface area contributed by atoms with Crippen LogP contribution in [0.2, 0.25) is 5.15 Å². The van der Waals surface area contributed by atoms with Crippen molar-refractivity contribution in [1.82, 2.24) is 19.6 Å². The lowest BCUT2D eigenvalue weighted by Crippen LogP contribution is -1.97. The second-order valence-electron chi connectivity index (χ2n) is 3.19. The van der Waals surface area contributed by atoms with Crippen LogP contribution in [-0.2, 0) is 6.42 Å². The molecule has 0 aromatic carbocycles. The predicted octanol–water partition coefficient (Wildman–Crippen LogP) is 2.04. The Morgan fingerprint density at radius 3 is 2.93 bits per heavy atom. The Kier molecular flexibility index (Phi) is 2.37. The molecule has 2 rings (SSSR count). The van der Waals surface area contributed by atoms with Gasteiger partial charge in [-0.1, -0.05) is 24.9 Å². The first-order valence-corrected chi connectivity index (χ1v) is 4.97. The van der Waals surface area contributed by atoms with Crippen molar-refractivity contribution in [3.05, 3.63) is 22.7 Å². The van der Waals surface area contributed by atoms with Gasteiger partial charge in [0.15, 0.2) is 0 Å². The number of aromatic nitrogens is 4. The molecule has 0 atom stereocenters. The third-order valence-electron chi connectivity index (χ3n) is 1.93. The van der Waals surface area contributed by atoms with Crippen LogP contribution < -0.4 is 0 Å². The summed E-state index contributed by atoms with van der Waals surface area (Å²) in [5.74, 6) is 1.27. The minimum atomic E-state index is 0.569. The fourth-order valence-corrected chi connectivity index (χ4v) is 1.60. The second kappa shape index (κ2) is 3.53. The first-order valence-electron chi connectivity index (χ1n) is 4.59. The van der Waals surface area contributed by atoms with E-state index in [9.17, 15) is 0 Å². The molecular weight excluding hydrogens is 200 g/mol. The first-order chi connectivity index (χ1) is 6.70. The molecule has 0 fully saturated rings. The highest BCUT2D eigenvalue weighted by Crippen LogP contribution is 2.12. The van der Waals surface area contributed by atoms with Gasteiger partial charge in [-0.3, -0.25) is 0 Å². The molecule has 14 heavy (non-hydrogen) atoms. The van der Waals surface area contributed by atoms with Crippen molar-refractivity contribution in [1.29, 1.82) is 0 Å². The highest BCUT2D eigenvalue weighted by molar-refractivity contribution is 6.29. The van der Waals surface area contributed by atoms with Gasteiger partial charge < -0.3 is 0 Å². The average molecular weight is 211 g/mol. The molecule has 4 nitrogen and oxygen atoms in total. The van der Waals surface area contributed by atoms with Gasteiger partial charge in [0.1, 0.15) is 11.0 Å². The average Bonchev–Trinajstić information content (AvgIpc) is 2.47. The zero-order valence-electron chi connectivity index (χ0n) is 8.16.